The molecule has 2 atom stereocenters. The highest BCUT2D eigenvalue weighted by Crippen LogP contribution is 2.39. The van der Waals surface area contributed by atoms with E-state index in [0.717, 1.165) is 47.4 Å². The van der Waals surface area contributed by atoms with E-state index in [2.05, 4.69) is 35.8 Å². The number of hydrogen-bond acceptors (Lipinski definition) is 3. The molecule has 0 amide bonds. The van der Waals surface area contributed by atoms with Crippen LogP contribution in [0.15, 0.2) is 10.5 Å². The third-order valence-electron chi connectivity index (χ3n) is 3.95. The fourth-order valence-electron chi connectivity index (χ4n) is 2.83. The van der Waals surface area contributed by atoms with Gasteiger partial charge < -0.3 is 15.2 Å². The van der Waals surface area contributed by atoms with E-state index >= 15 is 0 Å². The summed E-state index contributed by atoms with van der Waals surface area (Å²) in [5, 5.41) is 0. The molecule has 1 aromatic carbocycles. The van der Waals surface area contributed by atoms with Gasteiger partial charge in [-0.05, 0) is 43.9 Å². The van der Waals surface area contributed by atoms with Crippen molar-refractivity contribution in [2.75, 3.05) is 20.3 Å². The summed E-state index contributed by atoms with van der Waals surface area (Å²) in [6.45, 7) is 5.74. The Bertz CT molecular complexity index is 456. The van der Waals surface area contributed by atoms with Crippen molar-refractivity contribution < 1.29 is 9.47 Å². The molecule has 4 heteroatoms. The van der Waals surface area contributed by atoms with Crippen molar-refractivity contribution in [2.24, 2.45) is 11.7 Å². The molecule has 0 spiro atoms. The van der Waals surface area contributed by atoms with Crippen molar-refractivity contribution in [1.29, 1.82) is 0 Å². The second-order valence-electron chi connectivity index (χ2n) is 5.25. The van der Waals surface area contributed by atoms with Crippen LogP contribution < -0.4 is 10.5 Å². The summed E-state index contributed by atoms with van der Waals surface area (Å²) >= 11 is 3.61. The third kappa shape index (κ3) is 2.96. The Morgan fingerprint density at radius 3 is 2.79 bits per heavy atom. The van der Waals surface area contributed by atoms with Gasteiger partial charge in [0, 0.05) is 28.6 Å². The number of benzene rings is 1. The van der Waals surface area contributed by atoms with Crippen molar-refractivity contribution >= 4 is 15.9 Å². The lowest BCUT2D eigenvalue weighted by molar-refractivity contribution is 0.0444. The molecular formula is C15H22BrNO2. The van der Waals surface area contributed by atoms with Gasteiger partial charge in [0.25, 0.3) is 0 Å². The van der Waals surface area contributed by atoms with Crippen LogP contribution >= 0.6 is 15.9 Å². The van der Waals surface area contributed by atoms with Gasteiger partial charge in [0.2, 0.25) is 0 Å². The Balaban J connectivity index is 2.41. The van der Waals surface area contributed by atoms with Gasteiger partial charge in [-0.15, -0.1) is 0 Å². The van der Waals surface area contributed by atoms with E-state index in [4.69, 9.17) is 15.2 Å². The molecular weight excluding hydrogens is 306 g/mol. The minimum Gasteiger partial charge on any atom is -0.496 e. The molecule has 2 unspecified atom stereocenters. The number of hydrogen-bond donors (Lipinski definition) is 1. The zero-order valence-electron chi connectivity index (χ0n) is 11.8. The molecule has 1 saturated heterocycles. The molecule has 1 aliphatic heterocycles. The summed E-state index contributed by atoms with van der Waals surface area (Å²) in [5.41, 5.74) is 9.90. The summed E-state index contributed by atoms with van der Waals surface area (Å²) in [6.07, 6.45) is 2.21. The highest BCUT2D eigenvalue weighted by Gasteiger charge is 2.27. The topological polar surface area (TPSA) is 44.5 Å². The zero-order valence-corrected chi connectivity index (χ0v) is 13.4. The minimum absolute atomic E-state index is 0.0357. The Morgan fingerprint density at radius 2 is 2.21 bits per heavy atom. The fraction of sp³-hybridized carbons (Fsp3) is 0.600. The Labute approximate surface area is 123 Å². The van der Waals surface area contributed by atoms with Crippen LogP contribution in [0.25, 0.3) is 0 Å². The van der Waals surface area contributed by atoms with Crippen LogP contribution in [0.1, 0.15) is 35.6 Å². The molecule has 0 bridgehead atoms. The Hall–Kier alpha value is -0.580. The van der Waals surface area contributed by atoms with Crippen molar-refractivity contribution in [3.8, 4) is 5.75 Å². The molecule has 3 nitrogen and oxygen atoms in total. The number of methoxy groups -OCH3 is 1. The maximum Gasteiger partial charge on any atom is 0.126 e. The van der Waals surface area contributed by atoms with Gasteiger partial charge in [-0.3, -0.25) is 0 Å². The van der Waals surface area contributed by atoms with Crippen LogP contribution in [-0.4, -0.2) is 20.3 Å². The van der Waals surface area contributed by atoms with Crippen LogP contribution in [0.3, 0.4) is 0 Å². The second kappa shape index (κ2) is 6.25. The van der Waals surface area contributed by atoms with Crippen LogP contribution in [0.2, 0.25) is 0 Å². The third-order valence-corrected chi connectivity index (χ3v) is 4.77. The molecule has 0 radical (unpaired) electrons. The van der Waals surface area contributed by atoms with Gasteiger partial charge in [0.15, 0.2) is 0 Å². The molecule has 0 aromatic heterocycles. The van der Waals surface area contributed by atoms with E-state index < -0.39 is 0 Å². The van der Waals surface area contributed by atoms with Crippen molar-refractivity contribution in [3.63, 3.8) is 0 Å². The predicted octanol–water partition coefficient (Wildman–Crippen LogP) is 3.50. The molecule has 2 rings (SSSR count). The molecule has 1 fully saturated rings. The normalized spacial score (nSPS) is 21.2. The smallest absolute Gasteiger partial charge is 0.126 e. The summed E-state index contributed by atoms with van der Waals surface area (Å²) in [5.74, 6) is 1.29. The maximum atomic E-state index is 6.50. The first-order chi connectivity index (χ1) is 9.06. The van der Waals surface area contributed by atoms with Gasteiger partial charge in [0.05, 0.1) is 13.7 Å². The lowest BCUT2D eigenvalue weighted by Crippen LogP contribution is -2.30. The number of aryl methyl sites for hydroxylation is 1. The summed E-state index contributed by atoms with van der Waals surface area (Å²) < 4.78 is 12.2. The predicted molar refractivity (Wildman–Crippen MR) is 80.6 cm³/mol. The fourth-order valence-corrected chi connectivity index (χ4v) is 3.39. The first-order valence-corrected chi connectivity index (χ1v) is 7.52. The lowest BCUT2D eigenvalue weighted by atomic mass is 9.86. The molecule has 1 aromatic rings. The number of ether oxygens (including phenoxy) is 2. The van der Waals surface area contributed by atoms with E-state index in [-0.39, 0.29) is 6.04 Å². The first-order valence-electron chi connectivity index (χ1n) is 6.73. The van der Waals surface area contributed by atoms with Crippen molar-refractivity contribution in [3.05, 3.63) is 27.2 Å². The van der Waals surface area contributed by atoms with Crippen LogP contribution in [0.4, 0.5) is 0 Å². The average Bonchev–Trinajstić information content (AvgIpc) is 2.42. The summed E-state index contributed by atoms with van der Waals surface area (Å²) in [4.78, 5) is 0. The maximum absolute atomic E-state index is 6.50. The SMILES string of the molecule is COc1c(C)cc(Br)c(C)c1C(N)C1CCCOC1. The molecule has 0 saturated carbocycles. The molecule has 19 heavy (non-hydrogen) atoms. The van der Waals surface area contributed by atoms with Crippen LogP contribution in [0, 0.1) is 19.8 Å². The monoisotopic (exact) mass is 327 g/mol. The van der Waals surface area contributed by atoms with Gasteiger partial charge in [-0.2, -0.15) is 0 Å². The summed E-state index contributed by atoms with van der Waals surface area (Å²) in [6, 6.07) is 2.05. The van der Waals surface area contributed by atoms with Gasteiger partial charge >= 0.3 is 0 Å². The number of halogens is 1. The van der Waals surface area contributed by atoms with Crippen molar-refractivity contribution in [2.45, 2.75) is 32.7 Å². The standard InChI is InChI=1S/C15H22BrNO2/c1-9-7-12(16)10(2)13(15(9)18-3)14(17)11-5-4-6-19-8-11/h7,11,14H,4-6,8,17H2,1-3H3. The molecule has 0 aliphatic carbocycles. The Kier molecular flexibility index (Phi) is 4.87. The largest absolute Gasteiger partial charge is 0.496 e. The molecule has 1 heterocycles. The van der Waals surface area contributed by atoms with Crippen LogP contribution in [-0.2, 0) is 4.74 Å². The lowest BCUT2D eigenvalue weighted by Gasteiger charge is -2.30. The number of rotatable bonds is 3. The molecule has 1 aliphatic rings. The van der Waals surface area contributed by atoms with E-state index in [9.17, 15) is 0 Å². The van der Waals surface area contributed by atoms with Crippen LogP contribution in [0.5, 0.6) is 5.75 Å². The van der Waals surface area contributed by atoms with E-state index in [1.165, 1.54) is 5.56 Å². The van der Waals surface area contributed by atoms with Gasteiger partial charge in [-0.1, -0.05) is 15.9 Å². The Morgan fingerprint density at radius 1 is 1.47 bits per heavy atom. The molecule has 2 N–H and O–H groups in total. The average molecular weight is 328 g/mol. The van der Waals surface area contributed by atoms with E-state index in [1.807, 2.05) is 0 Å². The van der Waals surface area contributed by atoms with Gasteiger partial charge in [-0.25, -0.2) is 0 Å². The van der Waals surface area contributed by atoms with Gasteiger partial charge in [0.1, 0.15) is 5.75 Å². The highest BCUT2D eigenvalue weighted by atomic mass is 79.9. The second-order valence-corrected chi connectivity index (χ2v) is 6.10. The highest BCUT2D eigenvalue weighted by molar-refractivity contribution is 9.10. The summed E-state index contributed by atoms with van der Waals surface area (Å²) in [7, 11) is 1.71. The van der Waals surface area contributed by atoms with Crippen molar-refractivity contribution in [1.82, 2.24) is 0 Å². The molecule has 106 valence electrons. The first kappa shape index (κ1) is 14.8. The number of nitrogens with two attached hydrogens (primary N) is 1. The zero-order chi connectivity index (χ0) is 14.0. The van der Waals surface area contributed by atoms with E-state index in [1.54, 1.807) is 7.11 Å². The quantitative estimate of drug-likeness (QED) is 0.924. The minimum atomic E-state index is -0.0357. The van der Waals surface area contributed by atoms with E-state index in [0.29, 0.717) is 5.92 Å².